The first-order valence-electron chi connectivity index (χ1n) is 23.2. The predicted octanol–water partition coefficient (Wildman–Crippen LogP) is 16.8. The number of rotatable bonds is 7. The van der Waals surface area contributed by atoms with Crippen molar-refractivity contribution in [3.63, 3.8) is 0 Å². The summed E-state index contributed by atoms with van der Waals surface area (Å²) in [6.07, 6.45) is 0. The van der Waals surface area contributed by atoms with E-state index in [1.165, 1.54) is 0 Å². The van der Waals surface area contributed by atoms with Crippen LogP contribution in [-0.2, 0) is 0 Å². The SMILES string of the molecule is c1ccc(-c2cc(-c3cccc4c3oc3c(-c5ccccc5)cccc34)cc(-c3cccc4c5ccccc5n(-c5nc(-c6ccccc6)nc(-c6ccc7c(c6)oc6ccccc67)n5)c34)c2)cc1. The fourth-order valence-corrected chi connectivity index (χ4v) is 10.3. The molecule has 10 aromatic carbocycles. The molecule has 6 nitrogen and oxygen atoms in total. The molecule has 0 saturated carbocycles. The molecule has 0 atom stereocenters. The lowest BCUT2D eigenvalue weighted by molar-refractivity contribution is 0.669. The molecule has 0 fully saturated rings. The molecule has 0 bridgehead atoms. The van der Waals surface area contributed by atoms with Gasteiger partial charge in [0.1, 0.15) is 22.3 Å². The maximum Gasteiger partial charge on any atom is 0.238 e. The van der Waals surface area contributed by atoms with Crippen LogP contribution in [-0.4, -0.2) is 19.5 Å². The Morgan fingerprint density at radius 2 is 0.812 bits per heavy atom. The van der Waals surface area contributed by atoms with Gasteiger partial charge < -0.3 is 8.83 Å². The number of hydrogen-bond donors (Lipinski definition) is 0. The van der Waals surface area contributed by atoms with E-state index < -0.39 is 0 Å². The molecular weight excluding hydrogens is 845 g/mol. The summed E-state index contributed by atoms with van der Waals surface area (Å²) in [5.41, 5.74) is 15.6. The predicted molar refractivity (Wildman–Crippen MR) is 281 cm³/mol. The van der Waals surface area contributed by atoms with Gasteiger partial charge in [-0.2, -0.15) is 9.97 Å². The zero-order chi connectivity index (χ0) is 45.4. The number of para-hydroxylation sites is 5. The van der Waals surface area contributed by atoms with E-state index in [4.69, 9.17) is 23.8 Å². The van der Waals surface area contributed by atoms with Gasteiger partial charge in [-0.3, -0.25) is 4.57 Å². The highest BCUT2D eigenvalue weighted by Gasteiger charge is 2.23. The number of benzene rings is 10. The molecule has 0 aliphatic carbocycles. The fraction of sp³-hybridized carbons (Fsp3) is 0. The summed E-state index contributed by atoms with van der Waals surface area (Å²) in [4.78, 5) is 15.8. The Bertz CT molecular complexity index is 4300. The normalized spacial score (nSPS) is 11.8. The van der Waals surface area contributed by atoms with E-state index in [9.17, 15) is 0 Å². The number of fused-ring (bicyclic) bond motifs is 9. The highest BCUT2D eigenvalue weighted by atomic mass is 16.3. The highest BCUT2D eigenvalue weighted by Crippen LogP contribution is 2.44. The van der Waals surface area contributed by atoms with E-state index in [1.807, 2.05) is 60.7 Å². The van der Waals surface area contributed by atoms with Gasteiger partial charge in [0.05, 0.1) is 11.0 Å². The van der Waals surface area contributed by atoms with Crippen molar-refractivity contribution in [1.82, 2.24) is 19.5 Å². The first-order valence-corrected chi connectivity index (χ1v) is 23.2. The number of hydrogen-bond acceptors (Lipinski definition) is 5. The third kappa shape index (κ3) is 6.38. The van der Waals surface area contributed by atoms with Crippen molar-refractivity contribution in [3.05, 3.63) is 231 Å². The van der Waals surface area contributed by atoms with Gasteiger partial charge in [0, 0.05) is 60.1 Å². The Kier molecular flexibility index (Phi) is 8.79. The van der Waals surface area contributed by atoms with Gasteiger partial charge >= 0.3 is 0 Å². The zero-order valence-electron chi connectivity index (χ0n) is 37.0. The summed E-state index contributed by atoms with van der Waals surface area (Å²) in [6, 6.07) is 80.5. The monoisotopic (exact) mass is 882 g/mol. The number of furan rings is 2. The Balaban J connectivity index is 1.02. The molecule has 0 aliphatic rings. The van der Waals surface area contributed by atoms with Gasteiger partial charge in [-0.25, -0.2) is 4.98 Å². The molecule has 322 valence electrons. The van der Waals surface area contributed by atoms with Crippen molar-refractivity contribution >= 4 is 65.7 Å². The molecule has 0 unspecified atom stereocenters. The molecule has 4 aromatic heterocycles. The maximum atomic E-state index is 7.00. The molecule has 0 spiro atoms. The zero-order valence-corrected chi connectivity index (χ0v) is 37.0. The molecule has 0 amide bonds. The first kappa shape index (κ1) is 38.8. The molecule has 6 heteroatoms. The van der Waals surface area contributed by atoms with Crippen LogP contribution in [0.2, 0.25) is 0 Å². The third-order valence-corrected chi connectivity index (χ3v) is 13.5. The summed E-state index contributed by atoms with van der Waals surface area (Å²) in [5.74, 6) is 1.64. The smallest absolute Gasteiger partial charge is 0.238 e. The van der Waals surface area contributed by atoms with Gasteiger partial charge in [0.25, 0.3) is 0 Å². The van der Waals surface area contributed by atoms with Gasteiger partial charge in [0.15, 0.2) is 11.6 Å². The summed E-state index contributed by atoms with van der Waals surface area (Å²) in [6.45, 7) is 0. The number of nitrogens with zero attached hydrogens (tertiary/aromatic N) is 4. The average molecular weight is 883 g/mol. The fourth-order valence-electron chi connectivity index (χ4n) is 10.3. The van der Waals surface area contributed by atoms with Crippen LogP contribution in [0.3, 0.4) is 0 Å². The highest BCUT2D eigenvalue weighted by molar-refractivity contribution is 6.15. The van der Waals surface area contributed by atoms with E-state index in [1.54, 1.807) is 0 Å². The molecule has 14 aromatic rings. The molecule has 14 rings (SSSR count). The van der Waals surface area contributed by atoms with E-state index in [2.05, 4.69) is 174 Å². The third-order valence-electron chi connectivity index (χ3n) is 13.5. The van der Waals surface area contributed by atoms with Gasteiger partial charge in [-0.05, 0) is 70.3 Å². The quantitative estimate of drug-likeness (QED) is 0.159. The minimum absolute atomic E-state index is 0.517. The van der Waals surface area contributed by atoms with Gasteiger partial charge in [0.2, 0.25) is 5.95 Å². The van der Waals surface area contributed by atoms with Crippen molar-refractivity contribution in [1.29, 1.82) is 0 Å². The summed E-state index contributed by atoms with van der Waals surface area (Å²) in [5, 5.41) is 6.48. The van der Waals surface area contributed by atoms with Crippen molar-refractivity contribution in [2.75, 3.05) is 0 Å². The van der Waals surface area contributed by atoms with Crippen molar-refractivity contribution in [2.45, 2.75) is 0 Å². The van der Waals surface area contributed by atoms with Gasteiger partial charge in [-0.1, -0.05) is 188 Å². The average Bonchev–Trinajstić information content (AvgIpc) is 4.11. The minimum atomic E-state index is 0.517. The molecule has 0 saturated heterocycles. The van der Waals surface area contributed by atoms with Crippen LogP contribution in [0.25, 0.3) is 139 Å². The largest absolute Gasteiger partial charge is 0.456 e. The Labute approximate surface area is 396 Å². The second-order valence-corrected chi connectivity index (χ2v) is 17.5. The minimum Gasteiger partial charge on any atom is -0.456 e. The van der Waals surface area contributed by atoms with E-state index in [-0.39, 0.29) is 0 Å². The summed E-state index contributed by atoms with van der Waals surface area (Å²) >= 11 is 0. The molecule has 69 heavy (non-hydrogen) atoms. The van der Waals surface area contributed by atoms with Crippen molar-refractivity contribution in [2.24, 2.45) is 0 Å². The Morgan fingerprint density at radius 3 is 1.54 bits per heavy atom. The van der Waals surface area contributed by atoms with Gasteiger partial charge in [-0.15, -0.1) is 0 Å². The van der Waals surface area contributed by atoms with Crippen LogP contribution < -0.4 is 0 Å². The van der Waals surface area contributed by atoms with Crippen LogP contribution >= 0.6 is 0 Å². The molecule has 0 radical (unpaired) electrons. The topological polar surface area (TPSA) is 69.9 Å². The molecule has 0 aliphatic heterocycles. The Hall–Kier alpha value is -9.39. The Morgan fingerprint density at radius 1 is 0.290 bits per heavy atom. The number of aromatic nitrogens is 4. The lowest BCUT2D eigenvalue weighted by atomic mass is 9.92. The molecule has 4 heterocycles. The second kappa shape index (κ2) is 15.6. The lowest BCUT2D eigenvalue weighted by Crippen LogP contribution is -2.07. The van der Waals surface area contributed by atoms with E-state index in [0.29, 0.717) is 17.6 Å². The molecule has 0 N–H and O–H groups in total. The lowest BCUT2D eigenvalue weighted by Gasteiger charge is -2.15. The summed E-state index contributed by atoms with van der Waals surface area (Å²) in [7, 11) is 0. The second-order valence-electron chi connectivity index (χ2n) is 17.5. The standard InChI is InChI=1S/C63H38N4O2/c1-4-17-39(18-5-1)43-35-44(37-45(36-43)48-27-16-30-54-53-29-15-26-47(59(53)69-60(48)54)40-19-6-2-7-20-40)46-25-14-28-52-49-23-10-12-31-55(49)67(58(46)52)63-65-61(41-21-8-3-9-22-41)64-62(66-63)42-33-34-51-50-24-11-13-32-56(50)68-57(51)38-42/h1-38H. The van der Waals surface area contributed by atoms with E-state index in [0.717, 1.165) is 121 Å². The van der Waals surface area contributed by atoms with Crippen molar-refractivity contribution < 1.29 is 8.83 Å². The van der Waals surface area contributed by atoms with E-state index >= 15 is 0 Å². The maximum absolute atomic E-state index is 7.00. The van der Waals surface area contributed by atoms with Crippen molar-refractivity contribution in [3.8, 4) is 73.2 Å². The van der Waals surface area contributed by atoms with Crippen LogP contribution in [0.15, 0.2) is 239 Å². The van der Waals surface area contributed by atoms with Crippen LogP contribution in [0.4, 0.5) is 0 Å². The van der Waals surface area contributed by atoms with Crippen LogP contribution in [0, 0.1) is 0 Å². The summed E-state index contributed by atoms with van der Waals surface area (Å²) < 4.78 is 15.6. The van der Waals surface area contributed by atoms with Crippen LogP contribution in [0.5, 0.6) is 0 Å². The first-order chi connectivity index (χ1) is 34.2. The molecular formula is C63H38N4O2. The van der Waals surface area contributed by atoms with Crippen LogP contribution in [0.1, 0.15) is 0 Å².